The van der Waals surface area contributed by atoms with Gasteiger partial charge in [0.1, 0.15) is 11.2 Å². The lowest BCUT2D eigenvalue weighted by molar-refractivity contribution is 0.0631. The van der Waals surface area contributed by atoms with E-state index in [4.69, 9.17) is 0 Å². The van der Waals surface area contributed by atoms with Gasteiger partial charge >= 0.3 is 0 Å². The number of aromatic nitrogens is 2. The average Bonchev–Trinajstić information content (AvgIpc) is 2.65. The minimum atomic E-state index is -0.384. The second-order valence-electron chi connectivity index (χ2n) is 5.05. The Balaban J connectivity index is 2.31. The Morgan fingerprint density at radius 2 is 2.12 bits per heavy atom. The van der Waals surface area contributed by atoms with Gasteiger partial charge < -0.3 is 5.11 Å². The first-order chi connectivity index (χ1) is 7.48. The van der Waals surface area contributed by atoms with E-state index in [0.717, 1.165) is 15.9 Å². The van der Waals surface area contributed by atoms with Crippen LogP contribution in [0.15, 0.2) is 17.8 Å². The van der Waals surface area contributed by atoms with Gasteiger partial charge in [0, 0.05) is 11.8 Å². The van der Waals surface area contributed by atoms with Crippen LogP contribution in [0.4, 0.5) is 0 Å². The summed E-state index contributed by atoms with van der Waals surface area (Å²) in [5.41, 5.74) is 0.821. The lowest BCUT2D eigenvalue weighted by Gasteiger charge is -2.25. The van der Waals surface area contributed by atoms with Gasteiger partial charge in [-0.05, 0) is 16.9 Å². The van der Waals surface area contributed by atoms with E-state index < -0.39 is 0 Å². The molecule has 3 nitrogen and oxygen atoms in total. The topological polar surface area (TPSA) is 46.0 Å². The van der Waals surface area contributed by atoms with Crippen LogP contribution in [0.25, 0.3) is 10.2 Å². The molecule has 0 fully saturated rings. The monoisotopic (exact) mass is 236 g/mol. The normalized spacial score (nSPS) is 14.2. The molecule has 2 aromatic rings. The van der Waals surface area contributed by atoms with Crippen molar-refractivity contribution in [1.82, 2.24) is 9.97 Å². The summed E-state index contributed by atoms with van der Waals surface area (Å²) in [7, 11) is 0. The van der Waals surface area contributed by atoms with Crippen LogP contribution in [-0.4, -0.2) is 21.2 Å². The standard InChI is InChI=1S/C12H16N2OS/c1-12(2,3)10(15)6-9-8-4-5-16-11(8)14-7-13-9/h4-5,7,10,15H,6H2,1-3H3. The zero-order valence-electron chi connectivity index (χ0n) is 9.77. The maximum Gasteiger partial charge on any atom is 0.126 e. The molecule has 2 aromatic heterocycles. The maximum absolute atomic E-state index is 10.1. The van der Waals surface area contributed by atoms with Crippen LogP contribution in [0.3, 0.4) is 0 Å². The second kappa shape index (κ2) is 4.11. The van der Waals surface area contributed by atoms with Gasteiger partial charge in [-0.3, -0.25) is 0 Å². The molecule has 0 amide bonds. The van der Waals surface area contributed by atoms with Gasteiger partial charge in [0.2, 0.25) is 0 Å². The van der Waals surface area contributed by atoms with Crippen molar-refractivity contribution >= 4 is 21.6 Å². The van der Waals surface area contributed by atoms with Crippen molar-refractivity contribution in [1.29, 1.82) is 0 Å². The van der Waals surface area contributed by atoms with E-state index in [-0.39, 0.29) is 11.5 Å². The number of aliphatic hydroxyl groups is 1. The smallest absolute Gasteiger partial charge is 0.126 e. The third-order valence-electron chi connectivity index (χ3n) is 2.73. The number of nitrogens with zero attached hydrogens (tertiary/aromatic N) is 2. The minimum absolute atomic E-state index is 0.118. The third kappa shape index (κ3) is 2.23. The van der Waals surface area contributed by atoms with E-state index in [1.165, 1.54) is 0 Å². The van der Waals surface area contributed by atoms with Crippen molar-refractivity contribution in [3.63, 3.8) is 0 Å². The summed E-state index contributed by atoms with van der Waals surface area (Å²) in [6.07, 6.45) is 1.77. The van der Waals surface area contributed by atoms with E-state index in [1.807, 2.05) is 32.2 Å². The van der Waals surface area contributed by atoms with Crippen LogP contribution >= 0.6 is 11.3 Å². The second-order valence-corrected chi connectivity index (χ2v) is 5.94. The van der Waals surface area contributed by atoms with Gasteiger partial charge in [0.05, 0.1) is 11.8 Å². The van der Waals surface area contributed by atoms with Crippen LogP contribution in [-0.2, 0) is 6.42 Å². The first kappa shape index (κ1) is 11.5. The number of fused-ring (bicyclic) bond motifs is 1. The predicted octanol–water partition coefficient (Wildman–Crippen LogP) is 2.64. The first-order valence-corrected chi connectivity index (χ1v) is 6.21. The Kier molecular flexibility index (Phi) is 2.95. The third-order valence-corrected chi connectivity index (χ3v) is 3.55. The molecule has 1 atom stereocenters. The number of hydrogen-bond donors (Lipinski definition) is 1. The molecule has 0 aliphatic rings. The van der Waals surface area contributed by atoms with Crippen molar-refractivity contribution in [3.05, 3.63) is 23.5 Å². The molecule has 0 saturated heterocycles. The summed E-state index contributed by atoms with van der Waals surface area (Å²) in [6, 6.07) is 2.02. The SMILES string of the molecule is CC(C)(C)C(O)Cc1ncnc2sccc12. The van der Waals surface area contributed by atoms with Gasteiger partial charge in [-0.15, -0.1) is 11.3 Å². The van der Waals surface area contributed by atoms with E-state index >= 15 is 0 Å². The van der Waals surface area contributed by atoms with Crippen molar-refractivity contribution in [2.24, 2.45) is 5.41 Å². The highest BCUT2D eigenvalue weighted by Gasteiger charge is 2.23. The quantitative estimate of drug-likeness (QED) is 0.872. The molecule has 2 rings (SSSR count). The van der Waals surface area contributed by atoms with Gasteiger partial charge in [-0.2, -0.15) is 0 Å². The maximum atomic E-state index is 10.1. The summed E-state index contributed by atoms with van der Waals surface area (Å²) in [5.74, 6) is 0. The molecule has 16 heavy (non-hydrogen) atoms. The molecule has 0 spiro atoms. The fourth-order valence-electron chi connectivity index (χ4n) is 1.49. The molecule has 0 aliphatic heterocycles. The molecule has 4 heteroatoms. The highest BCUT2D eigenvalue weighted by molar-refractivity contribution is 7.16. The largest absolute Gasteiger partial charge is 0.392 e. The summed E-state index contributed by atoms with van der Waals surface area (Å²) in [4.78, 5) is 9.46. The lowest BCUT2D eigenvalue weighted by Crippen LogP contribution is -2.28. The van der Waals surface area contributed by atoms with Crippen molar-refractivity contribution in [3.8, 4) is 0 Å². The average molecular weight is 236 g/mol. The van der Waals surface area contributed by atoms with E-state index in [0.29, 0.717) is 6.42 Å². The Bertz CT molecular complexity index is 487. The van der Waals surface area contributed by atoms with Crippen molar-refractivity contribution in [2.45, 2.75) is 33.3 Å². The van der Waals surface area contributed by atoms with E-state index in [1.54, 1.807) is 17.7 Å². The predicted molar refractivity (Wildman–Crippen MR) is 66.6 cm³/mol. The summed E-state index contributed by atoms with van der Waals surface area (Å²) in [5, 5.41) is 13.2. The Morgan fingerprint density at radius 3 is 2.81 bits per heavy atom. The zero-order chi connectivity index (χ0) is 11.8. The number of aliphatic hydroxyl groups excluding tert-OH is 1. The van der Waals surface area contributed by atoms with E-state index in [2.05, 4.69) is 9.97 Å². The highest BCUT2D eigenvalue weighted by atomic mass is 32.1. The van der Waals surface area contributed by atoms with Gasteiger partial charge in [0.15, 0.2) is 0 Å². The molecule has 0 aliphatic carbocycles. The molecule has 2 heterocycles. The Labute approximate surface area is 99.2 Å². The van der Waals surface area contributed by atoms with Crippen molar-refractivity contribution < 1.29 is 5.11 Å². The fraction of sp³-hybridized carbons (Fsp3) is 0.500. The summed E-state index contributed by atoms with van der Waals surface area (Å²) < 4.78 is 0. The number of thiophene rings is 1. The van der Waals surface area contributed by atoms with E-state index in [9.17, 15) is 5.11 Å². The zero-order valence-corrected chi connectivity index (χ0v) is 10.6. The van der Waals surface area contributed by atoms with Gasteiger partial charge in [-0.1, -0.05) is 20.8 Å². The molecule has 1 N–H and O–H groups in total. The van der Waals surface area contributed by atoms with Crippen LogP contribution in [0.2, 0.25) is 0 Å². The molecule has 0 bridgehead atoms. The molecule has 0 aromatic carbocycles. The van der Waals surface area contributed by atoms with Crippen LogP contribution < -0.4 is 0 Å². The Morgan fingerprint density at radius 1 is 1.38 bits per heavy atom. The molecule has 1 unspecified atom stereocenters. The van der Waals surface area contributed by atoms with Crippen LogP contribution in [0.5, 0.6) is 0 Å². The summed E-state index contributed by atoms with van der Waals surface area (Å²) in [6.45, 7) is 6.09. The molecule has 0 radical (unpaired) electrons. The number of hydrogen-bond acceptors (Lipinski definition) is 4. The molecular weight excluding hydrogens is 220 g/mol. The number of rotatable bonds is 2. The molecule has 86 valence electrons. The highest BCUT2D eigenvalue weighted by Crippen LogP contribution is 2.26. The Hall–Kier alpha value is -1.00. The van der Waals surface area contributed by atoms with Gasteiger partial charge in [0.25, 0.3) is 0 Å². The fourth-order valence-corrected chi connectivity index (χ4v) is 2.25. The minimum Gasteiger partial charge on any atom is -0.392 e. The van der Waals surface area contributed by atoms with Crippen LogP contribution in [0.1, 0.15) is 26.5 Å². The first-order valence-electron chi connectivity index (χ1n) is 5.33. The van der Waals surface area contributed by atoms with Crippen molar-refractivity contribution in [2.75, 3.05) is 0 Å². The molecular formula is C12H16N2OS. The van der Waals surface area contributed by atoms with Gasteiger partial charge in [-0.25, -0.2) is 9.97 Å². The lowest BCUT2D eigenvalue weighted by atomic mass is 9.86. The summed E-state index contributed by atoms with van der Waals surface area (Å²) >= 11 is 1.60. The van der Waals surface area contributed by atoms with Crippen LogP contribution in [0, 0.1) is 5.41 Å². The molecule has 0 saturated carbocycles.